The maximum Gasteiger partial charge on any atom is 0.290 e. The summed E-state index contributed by atoms with van der Waals surface area (Å²) in [5.74, 6) is 1.33. The van der Waals surface area contributed by atoms with Crippen molar-refractivity contribution in [3.8, 4) is 11.6 Å². The molecule has 1 aromatic carbocycles. The van der Waals surface area contributed by atoms with E-state index in [1.807, 2.05) is 6.92 Å². The number of likely N-dealkylation sites (tertiary alicyclic amines) is 1. The van der Waals surface area contributed by atoms with Crippen LogP contribution in [0.3, 0.4) is 0 Å². The number of halogens is 1. The van der Waals surface area contributed by atoms with Crippen molar-refractivity contribution in [2.24, 2.45) is 7.05 Å². The van der Waals surface area contributed by atoms with Gasteiger partial charge >= 0.3 is 0 Å². The molecule has 3 heterocycles. The maximum absolute atomic E-state index is 13.1. The number of piperidine rings is 1. The van der Waals surface area contributed by atoms with E-state index in [0.29, 0.717) is 29.8 Å². The minimum atomic E-state index is -0.331. The zero-order valence-electron chi connectivity index (χ0n) is 16.4. The fourth-order valence-corrected chi connectivity index (χ4v) is 3.53. The number of hydrogen-bond acceptors (Lipinski definition) is 5. The molecule has 1 fully saturated rings. The maximum atomic E-state index is 13.1. The molecule has 0 aliphatic carbocycles. The number of amides is 1. The van der Waals surface area contributed by atoms with Crippen molar-refractivity contribution in [3.63, 3.8) is 0 Å². The molecule has 0 bridgehead atoms. The molecule has 29 heavy (non-hydrogen) atoms. The molecule has 1 atom stereocenters. The molecule has 1 aliphatic heterocycles. The molecule has 0 radical (unpaired) electrons. The molecule has 1 unspecified atom stereocenters. The summed E-state index contributed by atoms with van der Waals surface area (Å²) in [6, 6.07) is 7.23. The first kappa shape index (κ1) is 19.0. The van der Waals surface area contributed by atoms with E-state index in [9.17, 15) is 9.18 Å². The number of carbonyl (C=O) groups excluding carboxylic acids is 1. The Bertz CT molecular complexity index is 1020. The first-order chi connectivity index (χ1) is 14.0. The highest BCUT2D eigenvalue weighted by molar-refractivity contribution is 5.91. The van der Waals surface area contributed by atoms with Crippen molar-refractivity contribution < 1.29 is 13.9 Å². The Morgan fingerprint density at radius 2 is 2.00 bits per heavy atom. The van der Waals surface area contributed by atoms with Gasteiger partial charge < -0.3 is 14.2 Å². The van der Waals surface area contributed by atoms with Crippen LogP contribution in [0.15, 0.2) is 42.7 Å². The molecule has 0 N–H and O–H groups in total. The van der Waals surface area contributed by atoms with E-state index in [-0.39, 0.29) is 17.8 Å². The summed E-state index contributed by atoms with van der Waals surface area (Å²) in [6.45, 7) is 2.48. The van der Waals surface area contributed by atoms with E-state index in [1.165, 1.54) is 12.1 Å². The van der Waals surface area contributed by atoms with Gasteiger partial charge in [0, 0.05) is 37.7 Å². The highest BCUT2D eigenvalue weighted by Crippen LogP contribution is 2.32. The molecule has 2 aromatic heterocycles. The zero-order valence-corrected chi connectivity index (χ0v) is 16.4. The van der Waals surface area contributed by atoms with Gasteiger partial charge in [0.1, 0.15) is 11.6 Å². The number of imidazole rings is 1. The van der Waals surface area contributed by atoms with E-state index in [4.69, 9.17) is 4.74 Å². The summed E-state index contributed by atoms with van der Waals surface area (Å²) in [5, 5.41) is 0. The molecule has 0 spiro atoms. The average molecular weight is 395 g/mol. The Hall–Kier alpha value is -3.29. The summed E-state index contributed by atoms with van der Waals surface area (Å²) in [7, 11) is 1.80. The van der Waals surface area contributed by atoms with Gasteiger partial charge in [-0.2, -0.15) is 4.98 Å². The fourth-order valence-electron chi connectivity index (χ4n) is 3.53. The second-order valence-corrected chi connectivity index (χ2v) is 7.13. The van der Waals surface area contributed by atoms with Crippen LogP contribution >= 0.6 is 0 Å². The minimum Gasteiger partial charge on any atom is -0.439 e. The highest BCUT2D eigenvalue weighted by atomic mass is 19.1. The predicted molar refractivity (Wildman–Crippen MR) is 104 cm³/mol. The largest absolute Gasteiger partial charge is 0.439 e. The number of aryl methyl sites for hydroxylation is 2. The lowest BCUT2D eigenvalue weighted by atomic mass is 10.0. The Kier molecular flexibility index (Phi) is 5.24. The molecule has 1 aliphatic rings. The van der Waals surface area contributed by atoms with E-state index in [0.717, 1.165) is 25.0 Å². The van der Waals surface area contributed by atoms with Crippen LogP contribution < -0.4 is 4.74 Å². The molecule has 150 valence electrons. The number of benzene rings is 1. The van der Waals surface area contributed by atoms with Gasteiger partial charge in [-0.15, -0.1) is 0 Å². The van der Waals surface area contributed by atoms with Gasteiger partial charge in [0.15, 0.2) is 11.6 Å². The Balaban J connectivity index is 1.63. The third kappa shape index (κ3) is 4.11. The number of carbonyl (C=O) groups is 1. The monoisotopic (exact) mass is 395 g/mol. The highest BCUT2D eigenvalue weighted by Gasteiger charge is 2.32. The summed E-state index contributed by atoms with van der Waals surface area (Å²) in [4.78, 5) is 28.2. The van der Waals surface area contributed by atoms with Crippen molar-refractivity contribution >= 4 is 5.91 Å². The lowest BCUT2D eigenvalue weighted by Crippen LogP contribution is -2.40. The van der Waals surface area contributed by atoms with Gasteiger partial charge in [-0.3, -0.25) is 4.79 Å². The van der Waals surface area contributed by atoms with Crippen LogP contribution in [0.2, 0.25) is 0 Å². The van der Waals surface area contributed by atoms with Crippen molar-refractivity contribution in [1.29, 1.82) is 0 Å². The number of rotatable bonds is 4. The SMILES string of the molecule is Cc1cc(Oc2ccc(F)cc2)nc(C2CCCCN2C(=O)c2nccn2C)n1. The molecule has 7 nitrogen and oxygen atoms in total. The summed E-state index contributed by atoms with van der Waals surface area (Å²) >= 11 is 0. The molecule has 1 saturated heterocycles. The van der Waals surface area contributed by atoms with Crippen LogP contribution in [-0.4, -0.2) is 36.9 Å². The standard InChI is InChI=1S/C21H22FN5O2/c1-14-13-18(29-16-8-6-15(22)7-9-16)25-19(24-14)17-5-3-4-11-27(17)21(28)20-23-10-12-26(20)2/h6-10,12-13,17H,3-5,11H2,1-2H3. The number of nitrogens with zero attached hydrogens (tertiary/aromatic N) is 5. The van der Waals surface area contributed by atoms with Crippen LogP contribution in [0.5, 0.6) is 11.6 Å². The third-order valence-electron chi connectivity index (χ3n) is 4.96. The van der Waals surface area contributed by atoms with Gasteiger partial charge in [0.25, 0.3) is 5.91 Å². The summed E-state index contributed by atoms with van der Waals surface area (Å²) in [5.41, 5.74) is 0.738. The van der Waals surface area contributed by atoms with Gasteiger partial charge in [0.2, 0.25) is 5.88 Å². The van der Waals surface area contributed by atoms with Crippen LogP contribution in [0, 0.1) is 12.7 Å². The van der Waals surface area contributed by atoms with Crippen molar-refractivity contribution in [2.45, 2.75) is 32.2 Å². The van der Waals surface area contributed by atoms with Crippen LogP contribution in [0.1, 0.15) is 47.4 Å². The molecule has 0 saturated carbocycles. The molecule has 1 amide bonds. The first-order valence-electron chi connectivity index (χ1n) is 9.58. The van der Waals surface area contributed by atoms with Gasteiger partial charge in [0.05, 0.1) is 6.04 Å². The average Bonchev–Trinajstić information content (AvgIpc) is 3.15. The third-order valence-corrected chi connectivity index (χ3v) is 4.96. The molecule has 8 heteroatoms. The van der Waals surface area contributed by atoms with E-state index < -0.39 is 0 Å². The van der Waals surface area contributed by atoms with E-state index >= 15 is 0 Å². The van der Waals surface area contributed by atoms with Crippen molar-refractivity contribution in [3.05, 3.63) is 65.9 Å². The Labute approximate surface area is 168 Å². The van der Waals surface area contributed by atoms with Crippen LogP contribution in [-0.2, 0) is 7.05 Å². The quantitative estimate of drug-likeness (QED) is 0.672. The Morgan fingerprint density at radius 1 is 1.21 bits per heavy atom. The molecular weight excluding hydrogens is 373 g/mol. The van der Waals surface area contributed by atoms with Crippen molar-refractivity contribution in [2.75, 3.05) is 6.54 Å². The predicted octanol–water partition coefficient (Wildman–Crippen LogP) is 3.82. The fraction of sp³-hybridized carbons (Fsp3) is 0.333. The number of hydrogen-bond donors (Lipinski definition) is 0. The van der Waals surface area contributed by atoms with Gasteiger partial charge in [-0.1, -0.05) is 0 Å². The lowest BCUT2D eigenvalue weighted by molar-refractivity contribution is 0.0582. The van der Waals surface area contributed by atoms with Crippen LogP contribution in [0.4, 0.5) is 4.39 Å². The second kappa shape index (κ2) is 7.98. The second-order valence-electron chi connectivity index (χ2n) is 7.13. The number of ether oxygens (including phenoxy) is 1. The first-order valence-corrected chi connectivity index (χ1v) is 9.58. The molecular formula is C21H22FN5O2. The topological polar surface area (TPSA) is 73.1 Å². The smallest absolute Gasteiger partial charge is 0.290 e. The Morgan fingerprint density at radius 3 is 2.72 bits per heavy atom. The minimum absolute atomic E-state index is 0.131. The normalized spacial score (nSPS) is 16.7. The van der Waals surface area contributed by atoms with Crippen molar-refractivity contribution in [1.82, 2.24) is 24.4 Å². The zero-order chi connectivity index (χ0) is 20.4. The molecule has 4 rings (SSSR count). The molecule has 3 aromatic rings. The number of aromatic nitrogens is 4. The van der Waals surface area contributed by atoms with Gasteiger partial charge in [-0.05, 0) is 50.5 Å². The van der Waals surface area contributed by atoms with Gasteiger partial charge in [-0.25, -0.2) is 14.4 Å². The van der Waals surface area contributed by atoms with E-state index in [2.05, 4.69) is 15.0 Å². The van der Waals surface area contributed by atoms with Crippen LogP contribution in [0.25, 0.3) is 0 Å². The van der Waals surface area contributed by atoms with E-state index in [1.54, 1.807) is 47.1 Å². The summed E-state index contributed by atoms with van der Waals surface area (Å²) in [6.07, 6.45) is 6.06. The lowest BCUT2D eigenvalue weighted by Gasteiger charge is -2.34. The summed E-state index contributed by atoms with van der Waals surface area (Å²) < 4.78 is 20.6.